The van der Waals surface area contributed by atoms with Crippen LogP contribution in [0.2, 0.25) is 0 Å². The highest BCUT2D eigenvalue weighted by Gasteiger charge is 2.20. The highest BCUT2D eigenvalue weighted by atomic mass is 79.9. The Morgan fingerprint density at radius 2 is 2.19 bits per heavy atom. The van der Waals surface area contributed by atoms with E-state index >= 15 is 0 Å². The van der Waals surface area contributed by atoms with Gasteiger partial charge in [0.05, 0.1) is 23.5 Å². The van der Waals surface area contributed by atoms with Gasteiger partial charge in [0.25, 0.3) is 5.16 Å². The first kappa shape index (κ1) is 15.6. The van der Waals surface area contributed by atoms with Crippen molar-refractivity contribution in [1.29, 1.82) is 0 Å². The monoisotopic (exact) mass is 377 g/mol. The van der Waals surface area contributed by atoms with E-state index in [9.17, 15) is 13.2 Å². The van der Waals surface area contributed by atoms with Crippen molar-refractivity contribution in [3.05, 3.63) is 10.7 Å². The van der Waals surface area contributed by atoms with Crippen LogP contribution in [0.15, 0.2) is 15.8 Å². The molecule has 0 aliphatic carbocycles. The van der Waals surface area contributed by atoms with Crippen molar-refractivity contribution in [2.45, 2.75) is 12.1 Å². The highest BCUT2D eigenvalue weighted by molar-refractivity contribution is 9.10. The average molecular weight is 378 g/mol. The lowest BCUT2D eigenvalue weighted by molar-refractivity contribution is -0.138. The van der Waals surface area contributed by atoms with Crippen LogP contribution < -0.4 is 5.32 Å². The molecule has 2 heterocycles. The van der Waals surface area contributed by atoms with Crippen molar-refractivity contribution in [2.24, 2.45) is 0 Å². The van der Waals surface area contributed by atoms with Crippen LogP contribution in [0.25, 0.3) is 5.65 Å². The number of nitrogens with zero attached hydrogens (tertiary/aromatic N) is 4. The molecule has 0 atom stereocenters. The quantitative estimate of drug-likeness (QED) is 0.737. The van der Waals surface area contributed by atoms with Crippen LogP contribution in [-0.4, -0.2) is 53.4 Å². The number of nitrogens with one attached hydrogen (secondary N) is 1. The highest BCUT2D eigenvalue weighted by Crippen LogP contribution is 2.20. The Morgan fingerprint density at radius 1 is 1.48 bits per heavy atom. The molecule has 0 aliphatic rings. The molecule has 0 bridgehead atoms. The number of anilines is 1. The first-order valence-corrected chi connectivity index (χ1v) is 8.28. The number of aromatic nitrogens is 4. The number of fused-ring (bicyclic) bond motifs is 1. The fraction of sp³-hybridized carbons (Fsp3) is 0.400. The third-order valence-corrected chi connectivity index (χ3v) is 4.64. The third kappa shape index (κ3) is 3.13. The lowest BCUT2D eigenvalue weighted by atomic mass is 10.6. The second-order valence-corrected chi connectivity index (χ2v) is 6.92. The lowest BCUT2D eigenvalue weighted by Gasteiger charge is -2.08. The van der Waals surface area contributed by atoms with Crippen molar-refractivity contribution in [3.8, 4) is 0 Å². The zero-order valence-electron chi connectivity index (χ0n) is 11.2. The Balaban J connectivity index is 2.54. The van der Waals surface area contributed by atoms with Gasteiger partial charge >= 0.3 is 5.97 Å². The fourth-order valence-electron chi connectivity index (χ4n) is 1.44. The number of ether oxygens (including phenoxy) is 1. The molecule has 2 aromatic heterocycles. The molecule has 0 spiro atoms. The standard InChI is InChI=1S/C10H12BrN5O4S/c1-3-21(18,19)10-14-8-6(11)4-13-16(8)9(15-10)12-5-7(17)20-2/h4H,3,5H2,1-2H3,(H,12,14,15). The van der Waals surface area contributed by atoms with E-state index in [1.807, 2.05) is 0 Å². The minimum atomic E-state index is -3.59. The predicted molar refractivity (Wildman–Crippen MR) is 76.7 cm³/mol. The summed E-state index contributed by atoms with van der Waals surface area (Å²) in [5.74, 6) is -0.568. The largest absolute Gasteiger partial charge is 0.468 e. The normalized spacial score (nSPS) is 11.6. The zero-order chi connectivity index (χ0) is 15.6. The molecule has 0 radical (unpaired) electrons. The molecule has 0 aromatic carbocycles. The molecule has 11 heteroatoms. The van der Waals surface area contributed by atoms with E-state index in [0.29, 0.717) is 4.47 Å². The van der Waals surface area contributed by atoms with E-state index in [0.717, 1.165) is 0 Å². The summed E-state index contributed by atoms with van der Waals surface area (Å²) >= 11 is 3.23. The number of esters is 1. The SMILES string of the molecule is CCS(=O)(=O)c1nc(NCC(=O)OC)n2ncc(Br)c2n1. The van der Waals surface area contributed by atoms with Crippen molar-refractivity contribution in [3.63, 3.8) is 0 Å². The summed E-state index contributed by atoms with van der Waals surface area (Å²) in [6, 6.07) is 0. The maximum absolute atomic E-state index is 11.9. The maximum Gasteiger partial charge on any atom is 0.325 e. The molecule has 9 nitrogen and oxygen atoms in total. The first-order chi connectivity index (χ1) is 9.89. The molecule has 2 aromatic rings. The zero-order valence-corrected chi connectivity index (χ0v) is 13.6. The molecular weight excluding hydrogens is 366 g/mol. The Kier molecular flexibility index (Phi) is 4.42. The molecule has 0 fully saturated rings. The predicted octanol–water partition coefficient (Wildman–Crippen LogP) is 0.265. The fourth-order valence-corrected chi connectivity index (χ4v) is 2.49. The number of carbonyl (C=O) groups excluding carboxylic acids is 1. The van der Waals surface area contributed by atoms with Crippen LogP contribution in [0.1, 0.15) is 6.92 Å². The molecule has 0 amide bonds. The number of hydrogen-bond donors (Lipinski definition) is 1. The smallest absolute Gasteiger partial charge is 0.325 e. The van der Waals surface area contributed by atoms with Crippen molar-refractivity contribution in [1.82, 2.24) is 19.6 Å². The van der Waals surface area contributed by atoms with Crippen LogP contribution in [-0.2, 0) is 19.4 Å². The number of carbonyl (C=O) groups is 1. The molecular formula is C10H12BrN5O4S. The summed E-state index contributed by atoms with van der Waals surface area (Å²) in [4.78, 5) is 19.1. The van der Waals surface area contributed by atoms with E-state index < -0.39 is 15.8 Å². The summed E-state index contributed by atoms with van der Waals surface area (Å²) in [5.41, 5.74) is 0.282. The number of rotatable bonds is 5. The van der Waals surface area contributed by atoms with Gasteiger partial charge in [0.2, 0.25) is 15.8 Å². The molecule has 0 saturated heterocycles. The van der Waals surface area contributed by atoms with Crippen LogP contribution in [0.5, 0.6) is 0 Å². The minimum absolute atomic E-state index is 0.0862. The van der Waals surface area contributed by atoms with Gasteiger partial charge < -0.3 is 10.1 Å². The first-order valence-electron chi connectivity index (χ1n) is 5.83. The molecule has 21 heavy (non-hydrogen) atoms. The van der Waals surface area contributed by atoms with Gasteiger partial charge in [0.1, 0.15) is 6.54 Å². The van der Waals surface area contributed by atoms with Crippen LogP contribution >= 0.6 is 15.9 Å². The van der Waals surface area contributed by atoms with Crippen molar-refractivity contribution in [2.75, 3.05) is 24.7 Å². The Labute approximate surface area is 128 Å². The summed E-state index contributed by atoms with van der Waals surface area (Å²) < 4.78 is 30.2. The van der Waals surface area contributed by atoms with E-state index in [-0.39, 0.29) is 29.0 Å². The second-order valence-electron chi connectivity index (χ2n) is 3.89. The van der Waals surface area contributed by atoms with Gasteiger partial charge in [-0.2, -0.15) is 19.6 Å². The maximum atomic E-state index is 11.9. The van der Waals surface area contributed by atoms with Gasteiger partial charge in [-0.1, -0.05) is 6.92 Å². The number of halogens is 1. The molecule has 0 saturated carbocycles. The minimum Gasteiger partial charge on any atom is -0.468 e. The lowest BCUT2D eigenvalue weighted by Crippen LogP contribution is -2.20. The van der Waals surface area contributed by atoms with E-state index in [1.165, 1.54) is 24.7 Å². The van der Waals surface area contributed by atoms with Gasteiger partial charge in [-0.15, -0.1) is 0 Å². The van der Waals surface area contributed by atoms with Gasteiger partial charge in [-0.05, 0) is 15.9 Å². The molecule has 1 N–H and O–H groups in total. The van der Waals surface area contributed by atoms with Crippen molar-refractivity contribution < 1.29 is 17.9 Å². The average Bonchev–Trinajstić information content (AvgIpc) is 2.86. The summed E-state index contributed by atoms with van der Waals surface area (Å²) in [6.45, 7) is 1.32. The number of hydrogen-bond acceptors (Lipinski definition) is 8. The topological polar surface area (TPSA) is 116 Å². The van der Waals surface area contributed by atoms with E-state index in [4.69, 9.17) is 0 Å². The van der Waals surface area contributed by atoms with E-state index in [1.54, 1.807) is 0 Å². The van der Waals surface area contributed by atoms with Gasteiger partial charge in [0.15, 0.2) is 5.65 Å². The molecule has 0 unspecified atom stereocenters. The molecule has 114 valence electrons. The molecule has 2 rings (SSSR count). The number of sulfone groups is 1. The summed E-state index contributed by atoms with van der Waals surface area (Å²) in [5, 5.41) is 6.36. The van der Waals surface area contributed by atoms with Gasteiger partial charge in [0, 0.05) is 0 Å². The third-order valence-electron chi connectivity index (χ3n) is 2.58. The number of methoxy groups -OCH3 is 1. The van der Waals surface area contributed by atoms with Crippen molar-refractivity contribution >= 4 is 43.3 Å². The van der Waals surface area contributed by atoms with Gasteiger partial charge in [-0.3, -0.25) is 4.79 Å². The summed E-state index contributed by atoms with van der Waals surface area (Å²) in [7, 11) is -2.34. The van der Waals surface area contributed by atoms with Crippen LogP contribution in [0.4, 0.5) is 5.95 Å². The second kappa shape index (κ2) is 5.93. The Morgan fingerprint density at radius 3 is 2.81 bits per heavy atom. The van der Waals surface area contributed by atoms with Crippen LogP contribution in [0.3, 0.4) is 0 Å². The Bertz CT molecular complexity index is 788. The van der Waals surface area contributed by atoms with Crippen LogP contribution in [0, 0.1) is 0 Å². The Hall–Kier alpha value is -1.75. The van der Waals surface area contributed by atoms with E-state index in [2.05, 4.69) is 41.1 Å². The summed E-state index contributed by atoms with van der Waals surface area (Å²) in [6.07, 6.45) is 1.45. The van der Waals surface area contributed by atoms with Gasteiger partial charge in [-0.25, -0.2) is 8.42 Å². The molecule has 0 aliphatic heterocycles.